The van der Waals surface area contributed by atoms with Crippen LogP contribution in [0.2, 0.25) is 0 Å². The summed E-state index contributed by atoms with van der Waals surface area (Å²) >= 11 is 0. The van der Waals surface area contributed by atoms with Crippen molar-refractivity contribution in [1.82, 2.24) is 0 Å². The van der Waals surface area contributed by atoms with Gasteiger partial charge in [0.15, 0.2) is 0 Å². The quantitative estimate of drug-likeness (QED) is 0.763. The molecule has 0 spiro atoms. The molecule has 2 rings (SSSR count). The Labute approximate surface area is 157 Å². The largest absolute Gasteiger partial charge is 0.465 e. The molecule has 1 aliphatic heterocycles. The maximum Gasteiger partial charge on any atom is 0.355 e. The number of hydrogen-bond donors (Lipinski definition) is 1. The van der Waals surface area contributed by atoms with E-state index in [1.165, 1.54) is 25.2 Å². The predicted octanol–water partition coefficient (Wildman–Crippen LogP) is 1.86. The third-order valence-electron chi connectivity index (χ3n) is 3.67. The zero-order valence-corrected chi connectivity index (χ0v) is 16.2. The molecular formula is C18H20N2O6S. The van der Waals surface area contributed by atoms with Gasteiger partial charge in [0.05, 0.1) is 31.7 Å². The van der Waals surface area contributed by atoms with E-state index >= 15 is 0 Å². The molecule has 0 saturated carbocycles. The van der Waals surface area contributed by atoms with Crippen LogP contribution < -0.4 is 9.62 Å². The maximum absolute atomic E-state index is 12.4. The number of hydrogen-bond acceptors (Lipinski definition) is 7. The number of carbonyl (C=O) groups is 2. The molecular weight excluding hydrogens is 372 g/mol. The Morgan fingerprint density at radius 1 is 1.07 bits per heavy atom. The molecule has 1 aromatic rings. The van der Waals surface area contributed by atoms with Gasteiger partial charge in [-0.2, -0.15) is 0 Å². The summed E-state index contributed by atoms with van der Waals surface area (Å²) in [6.07, 6.45) is 7.36. The van der Waals surface area contributed by atoms with Crippen molar-refractivity contribution in [3.63, 3.8) is 0 Å². The molecule has 1 aromatic carbocycles. The second kappa shape index (κ2) is 8.09. The van der Waals surface area contributed by atoms with Crippen LogP contribution >= 0.6 is 0 Å². The molecule has 0 saturated heterocycles. The Morgan fingerprint density at radius 2 is 1.74 bits per heavy atom. The number of nitrogens with one attached hydrogen (secondary N) is 1. The number of rotatable bonds is 5. The van der Waals surface area contributed by atoms with Crippen molar-refractivity contribution < 1.29 is 27.5 Å². The van der Waals surface area contributed by atoms with Crippen LogP contribution in [0.25, 0.3) is 0 Å². The predicted molar refractivity (Wildman–Crippen MR) is 101 cm³/mol. The first-order valence-electron chi connectivity index (χ1n) is 7.81. The van der Waals surface area contributed by atoms with Crippen LogP contribution in [0.4, 0.5) is 11.4 Å². The topological polar surface area (TPSA) is 102 Å². The van der Waals surface area contributed by atoms with Crippen LogP contribution in [0.5, 0.6) is 0 Å². The lowest BCUT2D eigenvalue weighted by molar-refractivity contribution is -0.139. The highest BCUT2D eigenvalue weighted by Crippen LogP contribution is 2.29. The van der Waals surface area contributed by atoms with Crippen molar-refractivity contribution in [2.45, 2.75) is 6.92 Å². The molecule has 0 atom stereocenters. The number of esters is 2. The SMILES string of the molecule is COC(=O)C1=C(C(=O)OC)N(c2ccc(NS(C)(=O)=O)c(C)c2)C=CC=C1. The first-order chi connectivity index (χ1) is 12.7. The van der Waals surface area contributed by atoms with Crippen molar-refractivity contribution in [2.24, 2.45) is 0 Å². The van der Waals surface area contributed by atoms with Crippen LogP contribution in [-0.2, 0) is 29.1 Å². The summed E-state index contributed by atoms with van der Waals surface area (Å²) < 4.78 is 34.9. The summed E-state index contributed by atoms with van der Waals surface area (Å²) in [6.45, 7) is 1.72. The minimum atomic E-state index is -3.43. The highest BCUT2D eigenvalue weighted by Gasteiger charge is 2.27. The fraction of sp³-hybridized carbons (Fsp3) is 0.222. The van der Waals surface area contributed by atoms with Gasteiger partial charge in [0, 0.05) is 11.9 Å². The van der Waals surface area contributed by atoms with Crippen molar-refractivity contribution >= 4 is 33.3 Å². The average Bonchev–Trinajstić information content (AvgIpc) is 2.84. The molecule has 0 unspecified atom stereocenters. The molecule has 0 aromatic heterocycles. The van der Waals surface area contributed by atoms with Gasteiger partial charge in [-0.1, -0.05) is 6.08 Å². The fourth-order valence-corrected chi connectivity index (χ4v) is 3.11. The number of allylic oxidation sites excluding steroid dienone is 2. The van der Waals surface area contributed by atoms with Gasteiger partial charge in [-0.15, -0.1) is 0 Å². The highest BCUT2D eigenvalue weighted by atomic mass is 32.2. The van der Waals surface area contributed by atoms with E-state index in [1.807, 2.05) is 0 Å². The third kappa shape index (κ3) is 4.76. The van der Waals surface area contributed by atoms with Gasteiger partial charge in [-0.3, -0.25) is 4.72 Å². The van der Waals surface area contributed by atoms with Gasteiger partial charge < -0.3 is 14.4 Å². The van der Waals surface area contributed by atoms with Gasteiger partial charge in [-0.05, 0) is 42.8 Å². The van der Waals surface area contributed by atoms with Crippen LogP contribution in [0.15, 0.2) is 53.9 Å². The molecule has 1 aliphatic rings. The number of nitrogens with zero attached hydrogens (tertiary/aromatic N) is 1. The van der Waals surface area contributed by atoms with Gasteiger partial charge in [0.25, 0.3) is 0 Å². The first kappa shape index (κ1) is 20.2. The molecule has 1 heterocycles. The average molecular weight is 392 g/mol. The van der Waals surface area contributed by atoms with E-state index in [0.29, 0.717) is 16.9 Å². The summed E-state index contributed by atoms with van der Waals surface area (Å²) in [5.41, 5.74) is 1.60. The standard InChI is InChI=1S/C18H20N2O6S/c1-12-11-13(8-9-15(12)19-27(4,23)24)20-10-6-5-7-14(17(21)25-2)16(20)18(22)26-3/h5-11,19H,1-4H3. The van der Waals surface area contributed by atoms with E-state index in [9.17, 15) is 18.0 Å². The highest BCUT2D eigenvalue weighted by molar-refractivity contribution is 7.92. The zero-order valence-electron chi connectivity index (χ0n) is 15.3. The van der Waals surface area contributed by atoms with E-state index in [4.69, 9.17) is 9.47 Å². The van der Waals surface area contributed by atoms with Crippen molar-refractivity contribution in [2.75, 3.05) is 30.1 Å². The lowest BCUT2D eigenvalue weighted by Gasteiger charge is -2.24. The summed E-state index contributed by atoms with van der Waals surface area (Å²) in [4.78, 5) is 26.0. The Kier molecular flexibility index (Phi) is 6.06. The van der Waals surface area contributed by atoms with E-state index in [2.05, 4.69) is 4.72 Å². The van der Waals surface area contributed by atoms with Crippen LogP contribution in [-0.4, -0.2) is 40.8 Å². The third-order valence-corrected chi connectivity index (χ3v) is 4.26. The second-order valence-electron chi connectivity index (χ2n) is 5.69. The van der Waals surface area contributed by atoms with Crippen molar-refractivity contribution in [3.8, 4) is 0 Å². The molecule has 9 heteroatoms. The van der Waals surface area contributed by atoms with Crippen molar-refractivity contribution in [3.05, 3.63) is 59.5 Å². The number of anilines is 2. The van der Waals surface area contributed by atoms with Crippen molar-refractivity contribution in [1.29, 1.82) is 0 Å². The Bertz CT molecular complexity index is 960. The number of sulfonamides is 1. The van der Waals surface area contributed by atoms with Gasteiger partial charge in [0.2, 0.25) is 10.0 Å². The van der Waals surface area contributed by atoms with E-state index in [1.54, 1.807) is 43.5 Å². The van der Waals surface area contributed by atoms with Gasteiger partial charge in [-0.25, -0.2) is 18.0 Å². The van der Waals surface area contributed by atoms with E-state index in [0.717, 1.165) is 6.26 Å². The molecule has 0 amide bonds. The minimum absolute atomic E-state index is 0.0161. The molecule has 27 heavy (non-hydrogen) atoms. The number of ether oxygens (including phenoxy) is 2. The molecule has 0 bridgehead atoms. The molecule has 0 radical (unpaired) electrons. The summed E-state index contributed by atoms with van der Waals surface area (Å²) in [5.74, 6) is -1.41. The second-order valence-corrected chi connectivity index (χ2v) is 7.44. The number of benzene rings is 1. The Morgan fingerprint density at radius 3 is 2.30 bits per heavy atom. The van der Waals surface area contributed by atoms with Crippen LogP contribution in [0.3, 0.4) is 0 Å². The fourth-order valence-electron chi connectivity index (χ4n) is 2.48. The summed E-state index contributed by atoms with van der Waals surface area (Å²) in [7, 11) is -0.995. The lowest BCUT2D eigenvalue weighted by atomic mass is 10.1. The minimum Gasteiger partial charge on any atom is -0.465 e. The van der Waals surface area contributed by atoms with E-state index < -0.39 is 22.0 Å². The van der Waals surface area contributed by atoms with Gasteiger partial charge in [0.1, 0.15) is 5.70 Å². The molecule has 1 N–H and O–H groups in total. The Balaban J connectivity index is 2.59. The Hall–Kier alpha value is -3.07. The smallest absolute Gasteiger partial charge is 0.355 e. The van der Waals surface area contributed by atoms with E-state index in [-0.39, 0.29) is 11.3 Å². The number of carbonyl (C=O) groups excluding carboxylic acids is 2. The first-order valence-corrected chi connectivity index (χ1v) is 9.70. The molecule has 0 fully saturated rings. The monoisotopic (exact) mass is 392 g/mol. The molecule has 8 nitrogen and oxygen atoms in total. The van der Waals surface area contributed by atoms with Gasteiger partial charge >= 0.3 is 11.9 Å². The summed E-state index contributed by atoms with van der Waals surface area (Å²) in [6, 6.07) is 4.87. The normalized spacial score (nSPS) is 14.0. The maximum atomic E-state index is 12.4. The molecule has 144 valence electrons. The summed E-state index contributed by atoms with van der Waals surface area (Å²) in [5, 5.41) is 0. The number of methoxy groups -OCH3 is 2. The zero-order chi connectivity index (χ0) is 20.2. The van der Waals surface area contributed by atoms with Crippen LogP contribution in [0.1, 0.15) is 5.56 Å². The number of aryl methyl sites for hydroxylation is 1. The molecule has 0 aliphatic carbocycles. The lowest BCUT2D eigenvalue weighted by Crippen LogP contribution is -2.27. The van der Waals surface area contributed by atoms with Crippen LogP contribution in [0, 0.1) is 6.92 Å².